The Kier molecular flexibility index (Phi) is 6.95. The van der Waals surface area contributed by atoms with Crippen molar-refractivity contribution in [3.8, 4) is 0 Å². The fourth-order valence-electron chi connectivity index (χ4n) is 1.72. The van der Waals surface area contributed by atoms with Gasteiger partial charge in [0.15, 0.2) is 0 Å². The minimum atomic E-state index is -1.04. The van der Waals surface area contributed by atoms with E-state index in [1.54, 1.807) is 0 Å². The lowest BCUT2D eigenvalue weighted by molar-refractivity contribution is -0.139. The van der Waals surface area contributed by atoms with Crippen LogP contribution in [0.4, 0.5) is 0 Å². The number of amides is 1. The van der Waals surface area contributed by atoms with Gasteiger partial charge in [-0.15, -0.1) is 6.58 Å². The molecule has 1 aromatic rings. The van der Waals surface area contributed by atoms with Crippen molar-refractivity contribution in [3.05, 3.63) is 36.9 Å². The first-order valence-corrected chi connectivity index (χ1v) is 6.55. The van der Waals surface area contributed by atoms with E-state index in [1.807, 2.05) is 6.08 Å². The monoisotopic (exact) mass is 277 g/mol. The van der Waals surface area contributed by atoms with Crippen molar-refractivity contribution in [1.29, 1.82) is 0 Å². The second kappa shape index (κ2) is 8.79. The number of unbranched alkanes of at least 4 members (excludes halogenated alkanes) is 3. The second-order valence-corrected chi connectivity index (χ2v) is 4.38. The summed E-state index contributed by atoms with van der Waals surface area (Å²) in [6, 6.07) is -0.895. The Hall–Kier alpha value is -2.24. The van der Waals surface area contributed by atoms with E-state index < -0.39 is 17.9 Å². The van der Waals surface area contributed by atoms with Crippen molar-refractivity contribution in [3.63, 3.8) is 0 Å². The van der Waals surface area contributed by atoms with Crippen LogP contribution in [0.15, 0.2) is 31.2 Å². The molecule has 0 aromatic carbocycles. The number of allylic oxidation sites excluding steroid dienone is 1. The summed E-state index contributed by atoms with van der Waals surface area (Å²) >= 11 is 0. The molecule has 0 saturated heterocycles. The van der Waals surface area contributed by atoms with Gasteiger partial charge in [0.25, 0.3) is 5.91 Å². The van der Waals surface area contributed by atoms with Gasteiger partial charge in [0, 0.05) is 12.4 Å². The summed E-state index contributed by atoms with van der Waals surface area (Å²) in [6.45, 7) is 3.63. The maximum Gasteiger partial charge on any atom is 0.326 e. The Bertz CT molecular complexity index is 448. The summed E-state index contributed by atoms with van der Waals surface area (Å²) < 4.78 is 0. The van der Waals surface area contributed by atoms with E-state index in [-0.39, 0.29) is 5.69 Å². The molecule has 1 heterocycles. The van der Waals surface area contributed by atoms with Gasteiger partial charge in [0.05, 0.1) is 6.20 Å². The van der Waals surface area contributed by atoms with Crippen molar-refractivity contribution in [2.24, 2.45) is 0 Å². The molecule has 1 rings (SSSR count). The van der Waals surface area contributed by atoms with Crippen molar-refractivity contribution >= 4 is 11.9 Å². The number of nitrogens with zero attached hydrogens (tertiary/aromatic N) is 2. The van der Waals surface area contributed by atoms with Gasteiger partial charge in [-0.2, -0.15) is 0 Å². The number of rotatable bonds is 9. The fraction of sp³-hybridized carbons (Fsp3) is 0.429. The summed E-state index contributed by atoms with van der Waals surface area (Å²) in [6.07, 6.45) is 9.94. The van der Waals surface area contributed by atoms with Crippen LogP contribution < -0.4 is 5.32 Å². The summed E-state index contributed by atoms with van der Waals surface area (Å²) in [7, 11) is 0. The molecule has 2 N–H and O–H groups in total. The number of aliphatic carboxylic acids is 1. The first kappa shape index (κ1) is 15.8. The maximum absolute atomic E-state index is 11.8. The highest BCUT2D eigenvalue weighted by atomic mass is 16.4. The zero-order valence-electron chi connectivity index (χ0n) is 11.3. The van der Waals surface area contributed by atoms with Crippen LogP contribution >= 0.6 is 0 Å². The number of aromatic nitrogens is 2. The van der Waals surface area contributed by atoms with Crippen LogP contribution in [0.3, 0.4) is 0 Å². The van der Waals surface area contributed by atoms with Crippen LogP contribution in [0.2, 0.25) is 0 Å². The number of carboxylic acids is 1. The van der Waals surface area contributed by atoms with E-state index in [0.29, 0.717) is 6.42 Å². The van der Waals surface area contributed by atoms with E-state index >= 15 is 0 Å². The van der Waals surface area contributed by atoms with Crippen molar-refractivity contribution < 1.29 is 14.7 Å². The van der Waals surface area contributed by atoms with Gasteiger partial charge < -0.3 is 10.4 Å². The molecule has 108 valence electrons. The molecule has 0 bridgehead atoms. The van der Waals surface area contributed by atoms with Gasteiger partial charge in [-0.3, -0.25) is 9.78 Å². The molecule has 1 amide bonds. The van der Waals surface area contributed by atoms with Crippen LogP contribution in [-0.2, 0) is 4.79 Å². The van der Waals surface area contributed by atoms with Gasteiger partial charge in [0.2, 0.25) is 0 Å². The zero-order chi connectivity index (χ0) is 14.8. The van der Waals surface area contributed by atoms with Crippen molar-refractivity contribution in [2.75, 3.05) is 0 Å². The Balaban J connectivity index is 2.44. The molecule has 0 fully saturated rings. The van der Waals surface area contributed by atoms with E-state index in [0.717, 1.165) is 25.7 Å². The van der Waals surface area contributed by atoms with Crippen LogP contribution in [0.25, 0.3) is 0 Å². The number of carbonyl (C=O) groups is 2. The Morgan fingerprint density at radius 2 is 2.15 bits per heavy atom. The maximum atomic E-state index is 11.8. The zero-order valence-corrected chi connectivity index (χ0v) is 11.3. The minimum absolute atomic E-state index is 0.116. The van der Waals surface area contributed by atoms with Crippen molar-refractivity contribution in [2.45, 2.75) is 38.1 Å². The SMILES string of the molecule is C=CCCCCCC(NC(=O)c1cnccn1)C(=O)O. The predicted molar refractivity (Wildman–Crippen MR) is 74.2 cm³/mol. The molecule has 0 saturated carbocycles. The Morgan fingerprint density at radius 1 is 1.35 bits per heavy atom. The molecule has 0 aliphatic rings. The molecular weight excluding hydrogens is 258 g/mol. The highest BCUT2D eigenvalue weighted by Crippen LogP contribution is 2.07. The fourth-order valence-corrected chi connectivity index (χ4v) is 1.72. The molecule has 1 unspecified atom stereocenters. The topological polar surface area (TPSA) is 92.2 Å². The van der Waals surface area contributed by atoms with E-state index in [4.69, 9.17) is 5.11 Å². The molecule has 0 aliphatic heterocycles. The third-order valence-corrected chi connectivity index (χ3v) is 2.80. The highest BCUT2D eigenvalue weighted by Gasteiger charge is 2.20. The molecule has 20 heavy (non-hydrogen) atoms. The largest absolute Gasteiger partial charge is 0.480 e. The first-order chi connectivity index (χ1) is 9.65. The van der Waals surface area contributed by atoms with Gasteiger partial charge in [-0.25, -0.2) is 9.78 Å². The smallest absolute Gasteiger partial charge is 0.326 e. The van der Waals surface area contributed by atoms with Gasteiger partial charge in [0.1, 0.15) is 11.7 Å². The molecule has 1 aromatic heterocycles. The quantitative estimate of drug-likeness (QED) is 0.530. The Morgan fingerprint density at radius 3 is 2.75 bits per heavy atom. The van der Waals surface area contributed by atoms with Gasteiger partial charge >= 0.3 is 5.97 Å². The van der Waals surface area contributed by atoms with Gasteiger partial charge in [-0.05, 0) is 19.3 Å². The number of carbonyl (C=O) groups excluding carboxylic acids is 1. The van der Waals surface area contributed by atoms with E-state index in [1.165, 1.54) is 18.6 Å². The number of hydrogen-bond donors (Lipinski definition) is 2. The van der Waals surface area contributed by atoms with E-state index in [2.05, 4.69) is 21.9 Å². The molecule has 1 atom stereocenters. The standard InChI is InChI=1S/C14H19N3O3/c1-2-3-4-5-6-7-11(14(19)20)17-13(18)12-10-15-8-9-16-12/h2,8-11H,1,3-7H2,(H,17,18)(H,19,20). The normalized spacial score (nSPS) is 11.6. The predicted octanol–water partition coefficient (Wildman–Crippen LogP) is 1.80. The number of hydrogen-bond acceptors (Lipinski definition) is 4. The summed E-state index contributed by atoms with van der Waals surface area (Å²) in [5.74, 6) is -1.55. The average molecular weight is 277 g/mol. The molecular formula is C14H19N3O3. The van der Waals surface area contributed by atoms with Crippen LogP contribution in [0.5, 0.6) is 0 Å². The average Bonchev–Trinajstić information content (AvgIpc) is 2.46. The molecule has 0 radical (unpaired) electrons. The second-order valence-electron chi connectivity index (χ2n) is 4.38. The summed E-state index contributed by atoms with van der Waals surface area (Å²) in [5.41, 5.74) is 0.116. The minimum Gasteiger partial charge on any atom is -0.480 e. The summed E-state index contributed by atoms with van der Waals surface area (Å²) in [5, 5.41) is 11.6. The molecule has 6 nitrogen and oxygen atoms in total. The van der Waals surface area contributed by atoms with Crippen LogP contribution in [-0.4, -0.2) is 33.0 Å². The third-order valence-electron chi connectivity index (χ3n) is 2.80. The number of nitrogens with one attached hydrogen (secondary N) is 1. The molecule has 0 aliphatic carbocycles. The summed E-state index contributed by atoms with van der Waals surface area (Å²) in [4.78, 5) is 30.5. The first-order valence-electron chi connectivity index (χ1n) is 6.55. The van der Waals surface area contributed by atoms with Crippen molar-refractivity contribution in [1.82, 2.24) is 15.3 Å². The lowest BCUT2D eigenvalue weighted by atomic mass is 10.1. The Labute approximate surface area is 117 Å². The third kappa shape index (κ3) is 5.60. The highest BCUT2D eigenvalue weighted by molar-refractivity contribution is 5.94. The lowest BCUT2D eigenvalue weighted by Gasteiger charge is -2.13. The van der Waals surface area contributed by atoms with Crippen LogP contribution in [0.1, 0.15) is 42.6 Å². The molecule has 0 spiro atoms. The van der Waals surface area contributed by atoms with Crippen LogP contribution in [0, 0.1) is 0 Å². The van der Waals surface area contributed by atoms with Gasteiger partial charge in [-0.1, -0.05) is 18.9 Å². The molecule has 6 heteroatoms. The van der Waals surface area contributed by atoms with E-state index in [9.17, 15) is 9.59 Å². The lowest BCUT2D eigenvalue weighted by Crippen LogP contribution is -2.41. The number of carboxylic acid groups (broad SMARTS) is 1.